The van der Waals surface area contributed by atoms with E-state index in [9.17, 15) is 9.59 Å². The third-order valence-electron chi connectivity index (χ3n) is 4.58. The van der Waals surface area contributed by atoms with Crippen LogP contribution < -0.4 is 19.5 Å². The molecule has 2 rings (SSSR count). The quantitative estimate of drug-likeness (QED) is 0.710. The highest BCUT2D eigenvalue weighted by molar-refractivity contribution is 6.04. The van der Waals surface area contributed by atoms with Crippen molar-refractivity contribution in [3.63, 3.8) is 0 Å². The zero-order chi connectivity index (χ0) is 22.4. The number of nitrogens with one attached hydrogen (secondary N) is 1. The lowest BCUT2D eigenvalue weighted by Gasteiger charge is -2.18. The molecule has 7 nitrogen and oxygen atoms in total. The summed E-state index contributed by atoms with van der Waals surface area (Å²) in [5.41, 5.74) is 2.70. The van der Waals surface area contributed by atoms with Crippen LogP contribution in [0.3, 0.4) is 0 Å². The molecule has 0 aliphatic carbocycles. The monoisotopic (exact) mass is 414 g/mol. The maximum Gasteiger partial charge on any atom is 0.262 e. The molecule has 0 heterocycles. The van der Waals surface area contributed by atoms with E-state index in [4.69, 9.17) is 14.2 Å². The lowest BCUT2D eigenvalue weighted by molar-refractivity contribution is -0.118. The number of methoxy groups -OCH3 is 2. The van der Waals surface area contributed by atoms with Crippen molar-refractivity contribution < 1.29 is 23.8 Å². The van der Waals surface area contributed by atoms with Crippen molar-refractivity contribution in [1.29, 1.82) is 0 Å². The van der Waals surface area contributed by atoms with Gasteiger partial charge in [-0.2, -0.15) is 0 Å². The van der Waals surface area contributed by atoms with Crippen LogP contribution in [0.1, 0.15) is 41.3 Å². The van der Waals surface area contributed by atoms with Crippen LogP contribution in [0.2, 0.25) is 0 Å². The van der Waals surface area contributed by atoms with Gasteiger partial charge in [-0.1, -0.05) is 26.0 Å². The van der Waals surface area contributed by atoms with E-state index in [1.807, 2.05) is 25.1 Å². The summed E-state index contributed by atoms with van der Waals surface area (Å²) in [5, 5.41) is 2.76. The minimum absolute atomic E-state index is 0.187. The highest BCUT2D eigenvalue weighted by atomic mass is 16.5. The first-order valence-corrected chi connectivity index (χ1v) is 9.68. The van der Waals surface area contributed by atoms with Crippen molar-refractivity contribution in [2.24, 2.45) is 0 Å². The van der Waals surface area contributed by atoms with E-state index in [1.54, 1.807) is 26.2 Å². The maximum absolute atomic E-state index is 12.6. The topological polar surface area (TPSA) is 77.1 Å². The predicted octanol–water partition coefficient (Wildman–Crippen LogP) is 3.85. The Morgan fingerprint density at radius 1 is 1.00 bits per heavy atom. The van der Waals surface area contributed by atoms with E-state index in [0.29, 0.717) is 28.5 Å². The van der Waals surface area contributed by atoms with Crippen LogP contribution in [-0.2, 0) is 4.79 Å². The fraction of sp³-hybridized carbons (Fsp3) is 0.391. The molecule has 162 valence electrons. The largest absolute Gasteiger partial charge is 0.493 e. The average Bonchev–Trinajstić information content (AvgIpc) is 2.71. The molecule has 0 atom stereocenters. The highest BCUT2D eigenvalue weighted by Crippen LogP contribution is 2.34. The van der Waals surface area contributed by atoms with Gasteiger partial charge in [-0.25, -0.2) is 0 Å². The summed E-state index contributed by atoms with van der Waals surface area (Å²) < 4.78 is 16.4. The van der Waals surface area contributed by atoms with Gasteiger partial charge in [-0.05, 0) is 36.1 Å². The van der Waals surface area contributed by atoms with Crippen LogP contribution in [0.5, 0.6) is 17.2 Å². The zero-order valence-electron chi connectivity index (χ0n) is 18.7. The first-order valence-electron chi connectivity index (χ1n) is 9.68. The maximum atomic E-state index is 12.6. The predicted molar refractivity (Wildman–Crippen MR) is 117 cm³/mol. The molecule has 30 heavy (non-hydrogen) atoms. The summed E-state index contributed by atoms with van der Waals surface area (Å²) in [6.07, 6.45) is 0. The normalized spacial score (nSPS) is 10.5. The van der Waals surface area contributed by atoms with Gasteiger partial charge in [0.05, 0.1) is 25.5 Å². The van der Waals surface area contributed by atoms with Crippen molar-refractivity contribution in [3.8, 4) is 17.2 Å². The third-order valence-corrected chi connectivity index (χ3v) is 4.58. The molecule has 0 spiro atoms. The van der Waals surface area contributed by atoms with Crippen molar-refractivity contribution in [1.82, 2.24) is 4.90 Å². The number of nitrogens with zero attached hydrogens (tertiary/aromatic N) is 1. The molecule has 0 aromatic heterocycles. The Labute approximate surface area is 177 Å². The Morgan fingerprint density at radius 2 is 1.63 bits per heavy atom. The molecule has 0 bridgehead atoms. The summed E-state index contributed by atoms with van der Waals surface area (Å²) in [6.45, 7) is 5.92. The number of benzene rings is 2. The second kappa shape index (κ2) is 10.0. The SMILES string of the molecule is COc1cc(NC(=O)COc2cc(C)ccc2C(C)C)c(C(=O)N(C)C)cc1OC. The highest BCUT2D eigenvalue weighted by Gasteiger charge is 2.20. The second-order valence-electron chi connectivity index (χ2n) is 7.49. The van der Waals surface area contributed by atoms with Crippen LogP contribution in [0, 0.1) is 6.92 Å². The van der Waals surface area contributed by atoms with Gasteiger partial charge in [0.2, 0.25) is 0 Å². The number of amides is 2. The van der Waals surface area contributed by atoms with E-state index < -0.39 is 0 Å². The Balaban J connectivity index is 2.26. The lowest BCUT2D eigenvalue weighted by atomic mass is 10.0. The van der Waals surface area contributed by atoms with Crippen molar-refractivity contribution in [2.75, 3.05) is 40.2 Å². The Hall–Kier alpha value is -3.22. The van der Waals surface area contributed by atoms with Crippen LogP contribution in [0.4, 0.5) is 5.69 Å². The van der Waals surface area contributed by atoms with Gasteiger partial charge < -0.3 is 24.4 Å². The molecule has 0 radical (unpaired) electrons. The molecule has 0 saturated heterocycles. The molecule has 2 amide bonds. The van der Waals surface area contributed by atoms with Crippen LogP contribution in [0.25, 0.3) is 0 Å². The summed E-state index contributed by atoms with van der Waals surface area (Å²) in [6, 6.07) is 9.06. The van der Waals surface area contributed by atoms with Gasteiger partial charge >= 0.3 is 0 Å². The van der Waals surface area contributed by atoms with Crippen LogP contribution in [-0.4, -0.2) is 51.6 Å². The molecular weight excluding hydrogens is 384 g/mol. The first kappa shape index (κ1) is 23.1. The minimum atomic E-state index is -0.383. The Bertz CT molecular complexity index is 922. The fourth-order valence-electron chi connectivity index (χ4n) is 2.97. The Kier molecular flexibility index (Phi) is 7.69. The summed E-state index contributed by atoms with van der Waals surface area (Å²) >= 11 is 0. The van der Waals surface area contributed by atoms with Crippen LogP contribution >= 0.6 is 0 Å². The van der Waals surface area contributed by atoms with Crippen molar-refractivity contribution in [3.05, 3.63) is 47.0 Å². The summed E-state index contributed by atoms with van der Waals surface area (Å²) in [5.74, 6) is 1.10. The molecule has 0 unspecified atom stereocenters. The molecular formula is C23H30N2O5. The van der Waals surface area contributed by atoms with Crippen LogP contribution in [0.15, 0.2) is 30.3 Å². The number of anilines is 1. The van der Waals surface area contributed by atoms with Gasteiger partial charge in [0.1, 0.15) is 5.75 Å². The molecule has 0 aliphatic rings. The molecule has 2 aromatic carbocycles. The van der Waals surface area contributed by atoms with E-state index in [1.165, 1.54) is 19.1 Å². The van der Waals surface area contributed by atoms with Gasteiger partial charge in [0.25, 0.3) is 11.8 Å². The van der Waals surface area contributed by atoms with Crippen molar-refractivity contribution >= 4 is 17.5 Å². The van der Waals surface area contributed by atoms with Gasteiger partial charge in [0.15, 0.2) is 18.1 Å². The van der Waals surface area contributed by atoms with Gasteiger partial charge in [-0.3, -0.25) is 9.59 Å². The van der Waals surface area contributed by atoms with E-state index >= 15 is 0 Å². The van der Waals surface area contributed by atoms with E-state index in [-0.39, 0.29) is 24.3 Å². The Morgan fingerprint density at radius 3 is 2.20 bits per heavy atom. The lowest BCUT2D eigenvalue weighted by Crippen LogP contribution is -2.26. The van der Waals surface area contributed by atoms with Gasteiger partial charge in [0, 0.05) is 20.2 Å². The fourth-order valence-corrected chi connectivity index (χ4v) is 2.97. The molecule has 2 aromatic rings. The number of hydrogen-bond donors (Lipinski definition) is 1. The standard InChI is InChI=1S/C23H30N2O5/c1-14(2)16-9-8-15(3)10-19(16)30-13-22(26)24-18-12-21(29-7)20(28-6)11-17(18)23(27)25(4)5/h8-12,14H,13H2,1-7H3,(H,24,26). The van der Waals surface area contributed by atoms with E-state index in [0.717, 1.165) is 11.1 Å². The molecule has 1 N–H and O–H groups in total. The molecule has 0 aliphatic heterocycles. The number of carbonyl (C=O) groups excluding carboxylic acids is 2. The number of hydrogen-bond acceptors (Lipinski definition) is 5. The molecule has 0 saturated carbocycles. The summed E-state index contributed by atoms with van der Waals surface area (Å²) in [4.78, 5) is 26.6. The number of carbonyl (C=O) groups is 2. The smallest absolute Gasteiger partial charge is 0.262 e. The number of aryl methyl sites for hydroxylation is 1. The first-order chi connectivity index (χ1) is 14.2. The number of rotatable bonds is 8. The zero-order valence-corrected chi connectivity index (χ0v) is 18.7. The summed E-state index contributed by atoms with van der Waals surface area (Å²) in [7, 11) is 6.26. The average molecular weight is 415 g/mol. The second-order valence-corrected chi connectivity index (χ2v) is 7.49. The molecule has 7 heteroatoms. The van der Waals surface area contributed by atoms with E-state index in [2.05, 4.69) is 19.2 Å². The molecule has 0 fully saturated rings. The third kappa shape index (κ3) is 5.43. The van der Waals surface area contributed by atoms with Gasteiger partial charge in [-0.15, -0.1) is 0 Å². The number of ether oxygens (including phenoxy) is 3. The van der Waals surface area contributed by atoms with Crippen molar-refractivity contribution in [2.45, 2.75) is 26.7 Å². The minimum Gasteiger partial charge on any atom is -0.493 e.